The minimum absolute atomic E-state index is 0.370. The predicted octanol–water partition coefficient (Wildman–Crippen LogP) is 2.68. The summed E-state index contributed by atoms with van der Waals surface area (Å²) in [7, 11) is 0. The van der Waals surface area contributed by atoms with E-state index in [1.165, 1.54) is 29.9 Å². The number of aromatic carboxylic acids is 1. The van der Waals surface area contributed by atoms with Gasteiger partial charge >= 0.3 is 5.97 Å². The van der Waals surface area contributed by atoms with Gasteiger partial charge in [0.25, 0.3) is 0 Å². The van der Waals surface area contributed by atoms with E-state index in [-0.39, 0.29) is 0 Å². The molecule has 1 N–H and O–H groups in total. The van der Waals surface area contributed by atoms with Crippen LogP contribution in [0.4, 0.5) is 5.13 Å². The summed E-state index contributed by atoms with van der Waals surface area (Å²) in [5.74, 6) is 0.727. The molecule has 5 nitrogen and oxygen atoms in total. The zero-order valence-corrected chi connectivity index (χ0v) is 12.3. The highest BCUT2D eigenvalue weighted by molar-refractivity contribution is 7.09. The predicted molar refractivity (Wildman–Crippen MR) is 80.0 cm³/mol. The Balaban J connectivity index is 1.56. The number of hydrogen-bond acceptors (Lipinski definition) is 5. The second-order valence-electron chi connectivity index (χ2n) is 5.67. The first-order valence-electron chi connectivity index (χ1n) is 7.14. The van der Waals surface area contributed by atoms with Gasteiger partial charge in [-0.2, -0.15) is 4.37 Å². The van der Waals surface area contributed by atoms with Crippen molar-refractivity contribution >= 4 is 22.6 Å². The molecule has 0 saturated heterocycles. The normalized spacial score (nSPS) is 17.6. The van der Waals surface area contributed by atoms with Crippen molar-refractivity contribution in [2.75, 3.05) is 11.4 Å². The van der Waals surface area contributed by atoms with Crippen LogP contribution in [0.15, 0.2) is 18.2 Å². The number of carbonyl (C=O) groups is 1. The molecule has 1 aliphatic heterocycles. The fourth-order valence-corrected chi connectivity index (χ4v) is 3.48. The summed E-state index contributed by atoms with van der Waals surface area (Å²) >= 11 is 1.48. The minimum atomic E-state index is -0.863. The summed E-state index contributed by atoms with van der Waals surface area (Å²) in [5, 5.41) is 10.0. The van der Waals surface area contributed by atoms with E-state index in [9.17, 15) is 4.79 Å². The standard InChI is InChI=1S/C15H15N3O2S/c19-14(20)11-3-4-12-8-18(6-5-10(12)7-11)15-16-13(17-21-15)9-1-2-9/h3-4,7,9H,1-2,5-6,8H2,(H,19,20). The first-order valence-corrected chi connectivity index (χ1v) is 7.92. The van der Waals surface area contributed by atoms with Crippen molar-refractivity contribution in [3.63, 3.8) is 0 Å². The van der Waals surface area contributed by atoms with Gasteiger partial charge in [0, 0.05) is 30.5 Å². The lowest BCUT2D eigenvalue weighted by molar-refractivity contribution is 0.0696. The second kappa shape index (κ2) is 4.80. The van der Waals surface area contributed by atoms with Crippen LogP contribution in [0, 0.1) is 0 Å². The molecular weight excluding hydrogens is 286 g/mol. The fraction of sp³-hybridized carbons (Fsp3) is 0.400. The van der Waals surface area contributed by atoms with E-state index >= 15 is 0 Å². The number of carboxylic acids is 1. The summed E-state index contributed by atoms with van der Waals surface area (Å²) < 4.78 is 4.46. The monoisotopic (exact) mass is 301 g/mol. The molecule has 108 valence electrons. The van der Waals surface area contributed by atoms with E-state index in [1.54, 1.807) is 12.1 Å². The highest BCUT2D eigenvalue weighted by Gasteiger charge is 2.29. The van der Waals surface area contributed by atoms with E-state index in [1.807, 2.05) is 6.07 Å². The Bertz CT molecular complexity index is 709. The highest BCUT2D eigenvalue weighted by atomic mass is 32.1. The van der Waals surface area contributed by atoms with Crippen LogP contribution in [-0.4, -0.2) is 27.0 Å². The van der Waals surface area contributed by atoms with Crippen molar-refractivity contribution in [3.05, 3.63) is 40.7 Å². The molecule has 2 aliphatic rings. The van der Waals surface area contributed by atoms with Crippen LogP contribution in [0.1, 0.15) is 46.1 Å². The number of benzene rings is 1. The van der Waals surface area contributed by atoms with Gasteiger partial charge in [-0.05, 0) is 42.5 Å². The molecule has 0 bridgehead atoms. The maximum atomic E-state index is 11.0. The molecule has 1 aromatic heterocycles. The van der Waals surface area contributed by atoms with E-state index in [2.05, 4.69) is 14.3 Å². The Labute approximate surface area is 126 Å². The molecule has 0 amide bonds. The molecule has 0 atom stereocenters. The van der Waals surface area contributed by atoms with Gasteiger partial charge in [0.15, 0.2) is 0 Å². The van der Waals surface area contributed by atoms with Crippen molar-refractivity contribution in [1.82, 2.24) is 9.36 Å². The maximum absolute atomic E-state index is 11.0. The number of aromatic nitrogens is 2. The van der Waals surface area contributed by atoms with Crippen molar-refractivity contribution in [3.8, 4) is 0 Å². The van der Waals surface area contributed by atoms with Gasteiger partial charge in [-0.1, -0.05) is 6.07 Å². The Morgan fingerprint density at radius 1 is 1.33 bits per heavy atom. The van der Waals surface area contributed by atoms with Crippen LogP contribution in [-0.2, 0) is 13.0 Å². The third kappa shape index (κ3) is 2.40. The first kappa shape index (κ1) is 12.8. The zero-order valence-electron chi connectivity index (χ0n) is 11.5. The third-order valence-corrected chi connectivity index (χ3v) is 4.90. The SMILES string of the molecule is O=C(O)c1ccc2c(c1)CCN(c1nc(C3CC3)ns1)C2. The third-order valence-electron chi connectivity index (χ3n) is 4.11. The van der Waals surface area contributed by atoms with Crippen molar-refractivity contribution < 1.29 is 9.90 Å². The van der Waals surface area contributed by atoms with Crippen molar-refractivity contribution in [2.24, 2.45) is 0 Å². The van der Waals surface area contributed by atoms with Crippen LogP contribution in [0.3, 0.4) is 0 Å². The van der Waals surface area contributed by atoms with Crippen LogP contribution in [0.2, 0.25) is 0 Å². The van der Waals surface area contributed by atoms with Crippen LogP contribution in [0.5, 0.6) is 0 Å². The second-order valence-corrected chi connectivity index (χ2v) is 6.40. The molecule has 4 rings (SSSR count). The van der Waals surface area contributed by atoms with Crippen LogP contribution >= 0.6 is 11.5 Å². The number of carboxylic acid groups (broad SMARTS) is 1. The average Bonchev–Trinajstić information content (AvgIpc) is 3.23. The lowest BCUT2D eigenvalue weighted by Gasteiger charge is -2.28. The number of fused-ring (bicyclic) bond motifs is 1. The summed E-state index contributed by atoms with van der Waals surface area (Å²) in [5.41, 5.74) is 2.70. The molecule has 1 saturated carbocycles. The largest absolute Gasteiger partial charge is 0.478 e. The number of rotatable bonds is 3. The van der Waals surface area contributed by atoms with E-state index in [4.69, 9.17) is 5.11 Å². The van der Waals surface area contributed by atoms with Crippen LogP contribution in [0.25, 0.3) is 0 Å². The van der Waals surface area contributed by atoms with Gasteiger partial charge in [0.2, 0.25) is 5.13 Å². The molecule has 0 unspecified atom stereocenters. The molecule has 1 aromatic carbocycles. The van der Waals surface area contributed by atoms with Gasteiger partial charge in [0.05, 0.1) is 5.56 Å². The Kier molecular flexibility index (Phi) is 2.92. The lowest BCUT2D eigenvalue weighted by atomic mass is 9.97. The first-order chi connectivity index (χ1) is 10.2. The molecule has 21 heavy (non-hydrogen) atoms. The molecule has 0 radical (unpaired) electrons. The molecular formula is C15H15N3O2S. The molecule has 0 spiro atoms. The summed E-state index contributed by atoms with van der Waals surface area (Å²) in [6, 6.07) is 5.40. The summed E-state index contributed by atoms with van der Waals surface area (Å²) in [6.07, 6.45) is 3.29. The number of hydrogen-bond donors (Lipinski definition) is 1. The lowest BCUT2D eigenvalue weighted by Crippen LogP contribution is -2.30. The van der Waals surface area contributed by atoms with E-state index in [0.717, 1.165) is 36.0 Å². The van der Waals surface area contributed by atoms with Crippen molar-refractivity contribution in [1.29, 1.82) is 0 Å². The molecule has 6 heteroatoms. The van der Waals surface area contributed by atoms with E-state index < -0.39 is 5.97 Å². The molecule has 2 heterocycles. The van der Waals surface area contributed by atoms with Gasteiger partial charge in [0.1, 0.15) is 5.82 Å². The van der Waals surface area contributed by atoms with Crippen molar-refractivity contribution in [2.45, 2.75) is 31.7 Å². The Hall–Kier alpha value is -1.95. The van der Waals surface area contributed by atoms with Crippen LogP contribution < -0.4 is 4.90 Å². The van der Waals surface area contributed by atoms with E-state index in [0.29, 0.717) is 11.5 Å². The number of nitrogens with zero attached hydrogens (tertiary/aromatic N) is 3. The minimum Gasteiger partial charge on any atom is -0.478 e. The Morgan fingerprint density at radius 3 is 2.95 bits per heavy atom. The molecule has 1 aliphatic carbocycles. The smallest absolute Gasteiger partial charge is 0.335 e. The maximum Gasteiger partial charge on any atom is 0.335 e. The number of anilines is 1. The Morgan fingerprint density at radius 2 is 2.19 bits per heavy atom. The summed E-state index contributed by atoms with van der Waals surface area (Å²) in [4.78, 5) is 17.9. The topological polar surface area (TPSA) is 66.3 Å². The molecule has 2 aromatic rings. The zero-order chi connectivity index (χ0) is 14.4. The average molecular weight is 301 g/mol. The van der Waals surface area contributed by atoms with Gasteiger partial charge in [-0.15, -0.1) is 0 Å². The van der Waals surface area contributed by atoms with Gasteiger partial charge < -0.3 is 10.0 Å². The van der Waals surface area contributed by atoms with Gasteiger partial charge in [-0.3, -0.25) is 0 Å². The molecule has 1 fully saturated rings. The quantitative estimate of drug-likeness (QED) is 0.944. The fourth-order valence-electron chi connectivity index (χ4n) is 2.71. The highest BCUT2D eigenvalue weighted by Crippen LogP contribution is 2.40. The van der Waals surface area contributed by atoms with Gasteiger partial charge in [-0.25, -0.2) is 9.78 Å². The summed E-state index contributed by atoms with van der Waals surface area (Å²) in [6.45, 7) is 1.66.